The first-order chi connectivity index (χ1) is 27.7. The largest absolute Gasteiger partial charge is 0.248 e. The van der Waals surface area contributed by atoms with Crippen LogP contribution in [0.4, 0.5) is 0 Å². The van der Waals surface area contributed by atoms with Gasteiger partial charge in [0.05, 0.1) is 33.6 Å². The number of benzene rings is 8. The zero-order valence-corrected chi connectivity index (χ0v) is 30.4. The quantitative estimate of drug-likeness (QED) is 0.167. The van der Waals surface area contributed by atoms with E-state index in [2.05, 4.69) is 194 Å². The van der Waals surface area contributed by atoms with Crippen LogP contribution in [0.15, 0.2) is 200 Å². The van der Waals surface area contributed by atoms with E-state index in [4.69, 9.17) is 15.0 Å². The average Bonchev–Trinajstić information content (AvgIpc) is 3.28. The average molecular weight is 712 g/mol. The Balaban J connectivity index is 1.06. The Bertz CT molecular complexity index is 3300. The Hall–Kier alpha value is -7.49. The van der Waals surface area contributed by atoms with E-state index in [1.807, 2.05) is 6.07 Å². The summed E-state index contributed by atoms with van der Waals surface area (Å²) >= 11 is 0. The topological polar surface area (TPSA) is 38.7 Å². The standard InChI is InChI=1S/C53H33N3/c1-3-13-35(14-4-1)47-29-25-37-22-23-38-26-30-48(56-53(38)52(37)55-47)45-28-27-41(43-20-9-10-21-44(43)45)39-17-11-18-40(32-39)46-33-50(36-15-5-2-6-16-36)54-49-31-24-34-12-7-8-19-42(34)51(46)49/h1-33H. The van der Waals surface area contributed by atoms with Gasteiger partial charge < -0.3 is 0 Å². The van der Waals surface area contributed by atoms with Gasteiger partial charge in [-0.3, -0.25) is 0 Å². The molecule has 0 aliphatic carbocycles. The van der Waals surface area contributed by atoms with Crippen molar-refractivity contribution >= 4 is 54.3 Å². The van der Waals surface area contributed by atoms with Crippen molar-refractivity contribution in [3.63, 3.8) is 0 Å². The van der Waals surface area contributed by atoms with E-state index in [-0.39, 0.29) is 0 Å². The molecule has 0 bridgehead atoms. The fraction of sp³-hybridized carbons (Fsp3) is 0. The minimum atomic E-state index is 0.908. The van der Waals surface area contributed by atoms with Crippen LogP contribution in [0.1, 0.15) is 0 Å². The lowest BCUT2D eigenvalue weighted by atomic mass is 9.90. The molecule has 0 radical (unpaired) electrons. The van der Waals surface area contributed by atoms with Crippen molar-refractivity contribution in [3.8, 4) is 56.0 Å². The molecule has 0 aliphatic rings. The molecule has 3 nitrogen and oxygen atoms in total. The highest BCUT2D eigenvalue weighted by molar-refractivity contribution is 6.14. The van der Waals surface area contributed by atoms with Gasteiger partial charge in [0.25, 0.3) is 0 Å². The van der Waals surface area contributed by atoms with Gasteiger partial charge in [0, 0.05) is 32.8 Å². The summed E-state index contributed by atoms with van der Waals surface area (Å²) in [5.41, 5.74) is 13.6. The van der Waals surface area contributed by atoms with E-state index in [1.54, 1.807) is 0 Å². The monoisotopic (exact) mass is 711 g/mol. The number of aromatic nitrogens is 3. The van der Waals surface area contributed by atoms with Crippen LogP contribution in [0.3, 0.4) is 0 Å². The smallest absolute Gasteiger partial charge is 0.0972 e. The van der Waals surface area contributed by atoms with Gasteiger partial charge in [0.15, 0.2) is 0 Å². The number of nitrogens with zero attached hydrogens (tertiary/aromatic N) is 3. The van der Waals surface area contributed by atoms with Gasteiger partial charge in [-0.05, 0) is 74.1 Å². The number of hydrogen-bond donors (Lipinski definition) is 0. The lowest BCUT2D eigenvalue weighted by Gasteiger charge is -2.15. The summed E-state index contributed by atoms with van der Waals surface area (Å²) in [5, 5.41) is 8.07. The van der Waals surface area contributed by atoms with Crippen molar-refractivity contribution in [2.24, 2.45) is 0 Å². The minimum absolute atomic E-state index is 0.908. The third-order valence-electron chi connectivity index (χ3n) is 11.0. The zero-order chi connectivity index (χ0) is 37.0. The van der Waals surface area contributed by atoms with Gasteiger partial charge >= 0.3 is 0 Å². The molecule has 8 aromatic carbocycles. The van der Waals surface area contributed by atoms with Crippen LogP contribution in [0.25, 0.3) is 110 Å². The molecule has 11 aromatic rings. The first kappa shape index (κ1) is 32.0. The van der Waals surface area contributed by atoms with Gasteiger partial charge in [-0.2, -0.15) is 0 Å². The molecule has 3 heteroatoms. The molecule has 0 spiro atoms. The van der Waals surface area contributed by atoms with Crippen molar-refractivity contribution in [3.05, 3.63) is 200 Å². The van der Waals surface area contributed by atoms with Crippen LogP contribution in [0, 0.1) is 0 Å². The van der Waals surface area contributed by atoms with E-state index in [9.17, 15) is 0 Å². The van der Waals surface area contributed by atoms with Crippen LogP contribution in [-0.2, 0) is 0 Å². The highest BCUT2D eigenvalue weighted by Crippen LogP contribution is 2.40. The normalized spacial score (nSPS) is 11.6. The first-order valence-electron chi connectivity index (χ1n) is 19.0. The molecule has 0 unspecified atom stereocenters. The van der Waals surface area contributed by atoms with E-state index in [0.717, 1.165) is 77.6 Å². The lowest BCUT2D eigenvalue weighted by molar-refractivity contribution is 1.37. The van der Waals surface area contributed by atoms with Crippen molar-refractivity contribution in [2.75, 3.05) is 0 Å². The highest BCUT2D eigenvalue weighted by atomic mass is 14.8. The Labute approximate surface area is 324 Å². The second-order valence-corrected chi connectivity index (χ2v) is 14.4. The van der Waals surface area contributed by atoms with Crippen LogP contribution in [0.2, 0.25) is 0 Å². The fourth-order valence-electron chi connectivity index (χ4n) is 8.31. The van der Waals surface area contributed by atoms with E-state index in [0.29, 0.717) is 0 Å². The number of rotatable bonds is 5. The van der Waals surface area contributed by atoms with Crippen molar-refractivity contribution < 1.29 is 0 Å². The Morgan fingerprint density at radius 2 is 0.786 bits per heavy atom. The summed E-state index contributed by atoms with van der Waals surface area (Å²) in [6.07, 6.45) is 0. The van der Waals surface area contributed by atoms with Gasteiger partial charge in [0.2, 0.25) is 0 Å². The summed E-state index contributed by atoms with van der Waals surface area (Å²) in [5.74, 6) is 0. The van der Waals surface area contributed by atoms with Crippen LogP contribution < -0.4 is 0 Å². The fourth-order valence-corrected chi connectivity index (χ4v) is 8.31. The molecule has 0 amide bonds. The molecule has 0 aliphatic heterocycles. The van der Waals surface area contributed by atoms with E-state index < -0.39 is 0 Å². The van der Waals surface area contributed by atoms with E-state index in [1.165, 1.54) is 32.7 Å². The predicted octanol–water partition coefficient (Wildman–Crippen LogP) is 14.0. The molecule has 0 N–H and O–H groups in total. The summed E-state index contributed by atoms with van der Waals surface area (Å²) < 4.78 is 0. The number of pyridine rings is 3. The number of hydrogen-bond acceptors (Lipinski definition) is 3. The molecule has 56 heavy (non-hydrogen) atoms. The van der Waals surface area contributed by atoms with Crippen molar-refractivity contribution in [2.45, 2.75) is 0 Å². The molecular weight excluding hydrogens is 679 g/mol. The lowest BCUT2D eigenvalue weighted by Crippen LogP contribution is -1.93. The summed E-state index contributed by atoms with van der Waals surface area (Å²) in [7, 11) is 0. The second-order valence-electron chi connectivity index (χ2n) is 14.4. The number of fused-ring (bicyclic) bond motifs is 7. The zero-order valence-electron chi connectivity index (χ0n) is 30.4. The highest BCUT2D eigenvalue weighted by Gasteiger charge is 2.16. The Morgan fingerprint density at radius 3 is 1.52 bits per heavy atom. The first-order valence-corrected chi connectivity index (χ1v) is 19.0. The predicted molar refractivity (Wildman–Crippen MR) is 235 cm³/mol. The molecule has 260 valence electrons. The molecule has 0 fully saturated rings. The molecular formula is C53H33N3. The maximum absolute atomic E-state index is 5.33. The molecule has 11 rings (SSSR count). The molecule has 3 aromatic heterocycles. The van der Waals surface area contributed by atoms with Gasteiger partial charge in [0.1, 0.15) is 0 Å². The molecule has 0 saturated carbocycles. The second kappa shape index (κ2) is 13.1. The minimum Gasteiger partial charge on any atom is -0.248 e. The third kappa shape index (κ3) is 5.40. The third-order valence-corrected chi connectivity index (χ3v) is 11.0. The van der Waals surface area contributed by atoms with Gasteiger partial charge in [-0.25, -0.2) is 15.0 Å². The molecule has 3 heterocycles. The summed E-state index contributed by atoms with van der Waals surface area (Å²) in [6, 6.07) is 71.0. The van der Waals surface area contributed by atoms with E-state index >= 15 is 0 Å². The maximum Gasteiger partial charge on any atom is 0.0972 e. The van der Waals surface area contributed by atoms with Crippen LogP contribution in [0.5, 0.6) is 0 Å². The van der Waals surface area contributed by atoms with Crippen molar-refractivity contribution in [1.82, 2.24) is 15.0 Å². The Kier molecular flexibility index (Phi) is 7.49. The molecule has 0 saturated heterocycles. The van der Waals surface area contributed by atoms with Crippen molar-refractivity contribution in [1.29, 1.82) is 0 Å². The summed E-state index contributed by atoms with van der Waals surface area (Å²) in [4.78, 5) is 15.7. The van der Waals surface area contributed by atoms with Crippen LogP contribution in [-0.4, -0.2) is 15.0 Å². The summed E-state index contributed by atoms with van der Waals surface area (Å²) in [6.45, 7) is 0. The SMILES string of the molecule is c1ccc(-c2cc(-c3cccc(-c4ccc(-c5ccc6ccc7ccc(-c8ccccc8)nc7c6n5)c5ccccc45)c3)c3c(ccc4ccccc43)n2)cc1. The van der Waals surface area contributed by atoms with Crippen LogP contribution >= 0.6 is 0 Å². The Morgan fingerprint density at radius 1 is 0.268 bits per heavy atom. The molecule has 0 atom stereocenters. The maximum atomic E-state index is 5.33. The van der Waals surface area contributed by atoms with Gasteiger partial charge in [-0.1, -0.05) is 170 Å². The van der Waals surface area contributed by atoms with Gasteiger partial charge in [-0.15, -0.1) is 0 Å².